The molecule has 0 aromatic heterocycles. The van der Waals surface area contributed by atoms with Gasteiger partial charge in [0.2, 0.25) is 0 Å². The second-order valence-corrected chi connectivity index (χ2v) is 5.01. The molecule has 1 aromatic carbocycles. The molecule has 0 saturated carbocycles. The Morgan fingerprint density at radius 1 is 1.44 bits per heavy atom. The van der Waals surface area contributed by atoms with Crippen molar-refractivity contribution in [3.05, 3.63) is 45.5 Å². The Balaban J connectivity index is 2.29. The molecule has 1 atom stereocenters. The first kappa shape index (κ1) is 13.4. The van der Waals surface area contributed by atoms with Crippen molar-refractivity contribution in [2.24, 2.45) is 0 Å². The third-order valence-corrected chi connectivity index (χ3v) is 3.82. The van der Waals surface area contributed by atoms with Crippen LogP contribution in [0, 0.1) is 6.92 Å². The number of hydrogen-bond donors (Lipinski definition) is 1. The van der Waals surface area contributed by atoms with E-state index in [9.17, 15) is 9.90 Å². The number of halogens is 2. The molecule has 0 radical (unpaired) electrons. The van der Waals surface area contributed by atoms with Crippen LogP contribution in [0.2, 0.25) is 10.0 Å². The monoisotopic (exact) mass is 285 g/mol. The summed E-state index contributed by atoms with van der Waals surface area (Å²) < 4.78 is 0. The van der Waals surface area contributed by atoms with Crippen LogP contribution < -0.4 is 0 Å². The first-order chi connectivity index (χ1) is 8.54. The predicted octanol–water partition coefficient (Wildman–Crippen LogP) is 2.67. The van der Waals surface area contributed by atoms with Crippen LogP contribution in [0.3, 0.4) is 0 Å². The van der Waals surface area contributed by atoms with E-state index in [1.807, 2.05) is 12.2 Å². The van der Waals surface area contributed by atoms with Gasteiger partial charge in [-0.15, -0.1) is 0 Å². The van der Waals surface area contributed by atoms with Crippen LogP contribution in [0.5, 0.6) is 0 Å². The standard InChI is InChI=1S/C13H13Cl2NO2/c1-8-11(14)5-9(6-12(8)15)13(18)16-4-2-3-10(16)7-17/h2-3,5-6,10,17H,4,7H2,1H3/t10-/m0/s1. The van der Waals surface area contributed by atoms with Gasteiger partial charge in [0.25, 0.3) is 5.91 Å². The van der Waals surface area contributed by atoms with E-state index in [0.717, 1.165) is 5.56 Å². The maximum absolute atomic E-state index is 12.3. The van der Waals surface area contributed by atoms with Gasteiger partial charge < -0.3 is 10.0 Å². The summed E-state index contributed by atoms with van der Waals surface area (Å²) >= 11 is 12.0. The number of hydrogen-bond acceptors (Lipinski definition) is 2. The van der Waals surface area contributed by atoms with E-state index in [-0.39, 0.29) is 18.6 Å². The predicted molar refractivity (Wildman–Crippen MR) is 72.2 cm³/mol. The van der Waals surface area contributed by atoms with E-state index in [2.05, 4.69) is 0 Å². The maximum atomic E-state index is 12.3. The molecule has 3 nitrogen and oxygen atoms in total. The summed E-state index contributed by atoms with van der Waals surface area (Å²) in [5.41, 5.74) is 1.20. The molecule has 1 heterocycles. The molecule has 96 valence electrons. The molecule has 1 aliphatic heterocycles. The lowest BCUT2D eigenvalue weighted by molar-refractivity contribution is 0.0700. The minimum absolute atomic E-state index is 0.0877. The highest BCUT2D eigenvalue weighted by Gasteiger charge is 2.25. The largest absolute Gasteiger partial charge is 0.394 e. The number of benzene rings is 1. The first-order valence-corrected chi connectivity index (χ1v) is 6.34. The van der Waals surface area contributed by atoms with Gasteiger partial charge in [0.05, 0.1) is 12.6 Å². The summed E-state index contributed by atoms with van der Waals surface area (Å²) in [5.74, 6) is -0.178. The lowest BCUT2D eigenvalue weighted by Crippen LogP contribution is -2.38. The Kier molecular flexibility index (Phi) is 3.95. The molecule has 0 aliphatic carbocycles. The maximum Gasteiger partial charge on any atom is 0.254 e. The van der Waals surface area contributed by atoms with Crippen LogP contribution >= 0.6 is 23.2 Å². The fraction of sp³-hybridized carbons (Fsp3) is 0.308. The SMILES string of the molecule is Cc1c(Cl)cc(C(=O)N2CC=C[C@H]2CO)cc1Cl. The number of carbonyl (C=O) groups is 1. The van der Waals surface area contributed by atoms with Crippen LogP contribution in [0.4, 0.5) is 0 Å². The summed E-state index contributed by atoms with van der Waals surface area (Å²) in [6.45, 7) is 2.20. The van der Waals surface area contributed by atoms with E-state index < -0.39 is 0 Å². The van der Waals surface area contributed by atoms with Crippen molar-refractivity contribution in [2.45, 2.75) is 13.0 Å². The zero-order chi connectivity index (χ0) is 13.3. The molecule has 5 heteroatoms. The molecular formula is C13H13Cl2NO2. The molecular weight excluding hydrogens is 273 g/mol. The van der Waals surface area contributed by atoms with Gasteiger partial charge in [-0.2, -0.15) is 0 Å². The van der Waals surface area contributed by atoms with Gasteiger partial charge in [-0.05, 0) is 24.6 Å². The van der Waals surface area contributed by atoms with Crippen molar-refractivity contribution >= 4 is 29.1 Å². The highest BCUT2D eigenvalue weighted by molar-refractivity contribution is 6.36. The number of amides is 1. The summed E-state index contributed by atoms with van der Waals surface area (Å²) in [6.07, 6.45) is 3.67. The van der Waals surface area contributed by atoms with Crippen LogP contribution in [0.1, 0.15) is 15.9 Å². The fourth-order valence-corrected chi connectivity index (χ4v) is 2.39. The van der Waals surface area contributed by atoms with Crippen LogP contribution in [-0.4, -0.2) is 35.1 Å². The molecule has 1 N–H and O–H groups in total. The molecule has 0 spiro atoms. The van der Waals surface area contributed by atoms with Gasteiger partial charge in [0.1, 0.15) is 0 Å². The van der Waals surface area contributed by atoms with E-state index in [1.165, 1.54) is 0 Å². The van der Waals surface area contributed by atoms with E-state index >= 15 is 0 Å². The van der Waals surface area contributed by atoms with Crippen molar-refractivity contribution in [3.63, 3.8) is 0 Å². The lowest BCUT2D eigenvalue weighted by Gasteiger charge is -2.23. The summed E-state index contributed by atoms with van der Waals surface area (Å²) in [5, 5.41) is 10.1. The van der Waals surface area contributed by atoms with Gasteiger partial charge in [-0.25, -0.2) is 0 Å². The second kappa shape index (κ2) is 5.31. The zero-order valence-corrected chi connectivity index (χ0v) is 11.4. The van der Waals surface area contributed by atoms with Gasteiger partial charge in [-0.3, -0.25) is 4.79 Å². The van der Waals surface area contributed by atoms with E-state index in [0.29, 0.717) is 22.2 Å². The molecule has 0 saturated heterocycles. The summed E-state index contributed by atoms with van der Waals surface area (Å²) in [7, 11) is 0. The molecule has 0 bridgehead atoms. The number of nitrogens with zero attached hydrogens (tertiary/aromatic N) is 1. The van der Waals surface area contributed by atoms with Crippen molar-refractivity contribution in [2.75, 3.05) is 13.2 Å². The van der Waals surface area contributed by atoms with E-state index in [1.54, 1.807) is 24.0 Å². The minimum atomic E-state index is -0.267. The average molecular weight is 286 g/mol. The molecule has 0 fully saturated rings. The average Bonchev–Trinajstić information content (AvgIpc) is 2.82. The van der Waals surface area contributed by atoms with Gasteiger partial charge in [0, 0.05) is 22.2 Å². The van der Waals surface area contributed by atoms with Gasteiger partial charge in [0.15, 0.2) is 0 Å². The van der Waals surface area contributed by atoms with Crippen molar-refractivity contribution < 1.29 is 9.90 Å². The Bertz CT molecular complexity index is 491. The Hall–Kier alpha value is -1.03. The van der Waals surface area contributed by atoms with Crippen LogP contribution in [0.25, 0.3) is 0 Å². The third kappa shape index (κ3) is 2.39. The number of rotatable bonds is 2. The minimum Gasteiger partial charge on any atom is -0.394 e. The first-order valence-electron chi connectivity index (χ1n) is 5.58. The Morgan fingerprint density at radius 2 is 2.06 bits per heavy atom. The normalized spacial score (nSPS) is 18.4. The molecule has 0 unspecified atom stereocenters. The Labute approximate surface area is 116 Å². The smallest absolute Gasteiger partial charge is 0.254 e. The van der Waals surface area contributed by atoms with Crippen molar-refractivity contribution in [1.29, 1.82) is 0 Å². The molecule has 1 aliphatic rings. The topological polar surface area (TPSA) is 40.5 Å². The molecule has 2 rings (SSSR count). The number of carbonyl (C=O) groups excluding carboxylic acids is 1. The highest BCUT2D eigenvalue weighted by Crippen LogP contribution is 2.27. The molecule has 18 heavy (non-hydrogen) atoms. The van der Waals surface area contributed by atoms with Crippen LogP contribution in [0.15, 0.2) is 24.3 Å². The second-order valence-electron chi connectivity index (χ2n) is 4.20. The van der Waals surface area contributed by atoms with Gasteiger partial charge in [-0.1, -0.05) is 35.4 Å². The van der Waals surface area contributed by atoms with Crippen molar-refractivity contribution in [1.82, 2.24) is 4.90 Å². The highest BCUT2D eigenvalue weighted by atomic mass is 35.5. The molecule has 1 aromatic rings. The molecule has 1 amide bonds. The lowest BCUT2D eigenvalue weighted by atomic mass is 10.1. The number of aliphatic hydroxyl groups excluding tert-OH is 1. The Morgan fingerprint density at radius 3 is 2.61 bits per heavy atom. The van der Waals surface area contributed by atoms with Crippen LogP contribution in [-0.2, 0) is 0 Å². The number of aliphatic hydroxyl groups is 1. The summed E-state index contributed by atoms with van der Waals surface area (Å²) in [4.78, 5) is 13.9. The summed E-state index contributed by atoms with van der Waals surface area (Å²) in [6, 6.07) is 2.95. The quantitative estimate of drug-likeness (QED) is 0.849. The van der Waals surface area contributed by atoms with Gasteiger partial charge >= 0.3 is 0 Å². The third-order valence-electron chi connectivity index (χ3n) is 3.04. The zero-order valence-electron chi connectivity index (χ0n) is 9.86. The fourth-order valence-electron chi connectivity index (χ4n) is 1.90. The van der Waals surface area contributed by atoms with Crippen molar-refractivity contribution in [3.8, 4) is 0 Å². The van der Waals surface area contributed by atoms with E-state index in [4.69, 9.17) is 23.2 Å².